The van der Waals surface area contributed by atoms with E-state index in [0.717, 1.165) is 5.56 Å². The van der Waals surface area contributed by atoms with E-state index < -0.39 is 5.97 Å². The Balaban J connectivity index is 1.68. The van der Waals surface area contributed by atoms with Crippen molar-refractivity contribution in [2.75, 3.05) is 18.3 Å². The lowest BCUT2D eigenvalue weighted by Gasteiger charge is -2.08. The van der Waals surface area contributed by atoms with E-state index in [1.54, 1.807) is 29.8 Å². The summed E-state index contributed by atoms with van der Waals surface area (Å²) in [6, 6.07) is 8.14. The minimum Gasteiger partial charge on any atom is -0.465 e. The van der Waals surface area contributed by atoms with Crippen LogP contribution in [0, 0.1) is 0 Å². The molecule has 3 aromatic rings. The Labute approximate surface area is 163 Å². The fourth-order valence-corrected chi connectivity index (χ4v) is 2.78. The molecule has 0 aliphatic heterocycles. The number of nitrogens with two attached hydrogens (primary N) is 1. The number of aromatic nitrogens is 2. The Kier molecular flexibility index (Phi) is 5.84. The molecule has 0 bridgehead atoms. The molecule has 0 atom stereocenters. The van der Waals surface area contributed by atoms with Crippen LogP contribution in [-0.4, -0.2) is 29.3 Å². The summed E-state index contributed by atoms with van der Waals surface area (Å²) in [6.45, 7) is 0. The molecule has 1 aromatic carbocycles. The van der Waals surface area contributed by atoms with Gasteiger partial charge in [0, 0.05) is 17.6 Å². The number of ether oxygens (including phenoxy) is 2. The van der Waals surface area contributed by atoms with E-state index in [9.17, 15) is 4.79 Å². The summed E-state index contributed by atoms with van der Waals surface area (Å²) in [5.74, 6) is 0.578. The average Bonchev–Trinajstić information content (AvgIpc) is 3.08. The molecule has 0 unspecified atom stereocenters. The molecular formula is C17H14ClN5O3S. The first-order valence-corrected chi connectivity index (χ1v) is 8.83. The first-order valence-electron chi connectivity index (χ1n) is 7.57. The molecule has 0 amide bonds. The van der Waals surface area contributed by atoms with Gasteiger partial charge in [0.05, 0.1) is 23.9 Å². The second kappa shape index (κ2) is 8.47. The van der Waals surface area contributed by atoms with Gasteiger partial charge in [-0.25, -0.2) is 14.8 Å². The zero-order chi connectivity index (χ0) is 19.2. The standard InChI is InChI=1S/C17H14ClN5O3S/c1-25-16(24)11-4-5-20-15(7-11)26-13-3-2-10(6-12(13)18)8-21-23-17-22-14(19)9-27-17/h2-9H,19H2,1H3,(H,22,23). The summed E-state index contributed by atoms with van der Waals surface area (Å²) in [4.78, 5) is 19.7. The van der Waals surface area contributed by atoms with E-state index in [4.69, 9.17) is 22.1 Å². The first kappa shape index (κ1) is 18.6. The summed E-state index contributed by atoms with van der Waals surface area (Å²) in [5, 5.41) is 6.74. The number of halogens is 1. The SMILES string of the molecule is COC(=O)c1ccnc(Oc2ccc(C=NNc3nc(N)cs3)cc2Cl)c1. The Morgan fingerprint density at radius 3 is 2.93 bits per heavy atom. The number of nitrogen functional groups attached to an aromatic ring is 1. The number of benzene rings is 1. The number of pyridine rings is 1. The number of rotatable bonds is 6. The molecule has 0 aliphatic rings. The highest BCUT2D eigenvalue weighted by Gasteiger charge is 2.09. The average molecular weight is 404 g/mol. The van der Waals surface area contributed by atoms with Crippen LogP contribution in [0.1, 0.15) is 15.9 Å². The van der Waals surface area contributed by atoms with Crippen LogP contribution in [0.3, 0.4) is 0 Å². The molecule has 0 saturated heterocycles. The molecule has 3 N–H and O–H groups in total. The highest BCUT2D eigenvalue weighted by molar-refractivity contribution is 7.14. The van der Waals surface area contributed by atoms with Gasteiger partial charge in [-0.3, -0.25) is 5.43 Å². The maximum Gasteiger partial charge on any atom is 0.338 e. The molecule has 2 heterocycles. The molecule has 138 valence electrons. The van der Waals surface area contributed by atoms with Gasteiger partial charge in [0.25, 0.3) is 0 Å². The normalized spacial score (nSPS) is 10.7. The van der Waals surface area contributed by atoms with Gasteiger partial charge in [-0.1, -0.05) is 11.6 Å². The van der Waals surface area contributed by atoms with Gasteiger partial charge >= 0.3 is 5.97 Å². The zero-order valence-corrected chi connectivity index (χ0v) is 15.6. The van der Waals surface area contributed by atoms with E-state index in [1.165, 1.54) is 36.8 Å². The molecule has 0 saturated carbocycles. The Morgan fingerprint density at radius 1 is 1.37 bits per heavy atom. The van der Waals surface area contributed by atoms with Gasteiger partial charge in [0.2, 0.25) is 11.0 Å². The number of hydrogen-bond acceptors (Lipinski definition) is 9. The minimum absolute atomic E-state index is 0.226. The van der Waals surface area contributed by atoms with Crippen LogP contribution < -0.4 is 15.9 Å². The molecule has 3 rings (SSSR count). The fraction of sp³-hybridized carbons (Fsp3) is 0.0588. The monoisotopic (exact) mass is 403 g/mol. The molecule has 2 aromatic heterocycles. The maximum absolute atomic E-state index is 11.6. The number of thiazole rings is 1. The van der Waals surface area contributed by atoms with Crippen molar-refractivity contribution in [2.45, 2.75) is 0 Å². The predicted molar refractivity (Wildman–Crippen MR) is 105 cm³/mol. The maximum atomic E-state index is 11.6. The zero-order valence-electron chi connectivity index (χ0n) is 14.0. The van der Waals surface area contributed by atoms with Crippen molar-refractivity contribution < 1.29 is 14.3 Å². The number of esters is 1. The van der Waals surface area contributed by atoms with Gasteiger partial charge in [-0.05, 0) is 29.8 Å². The van der Waals surface area contributed by atoms with Crippen molar-refractivity contribution in [1.29, 1.82) is 0 Å². The first-order chi connectivity index (χ1) is 13.0. The van der Waals surface area contributed by atoms with E-state index in [-0.39, 0.29) is 5.88 Å². The van der Waals surface area contributed by atoms with E-state index in [0.29, 0.717) is 27.3 Å². The summed E-state index contributed by atoms with van der Waals surface area (Å²) in [5.41, 5.74) is 9.40. The van der Waals surface area contributed by atoms with Crippen LogP contribution in [0.2, 0.25) is 5.02 Å². The number of anilines is 2. The van der Waals surface area contributed by atoms with E-state index in [1.807, 2.05) is 0 Å². The van der Waals surface area contributed by atoms with E-state index >= 15 is 0 Å². The van der Waals surface area contributed by atoms with Crippen LogP contribution in [0.15, 0.2) is 47.0 Å². The molecular weight excluding hydrogens is 390 g/mol. The van der Waals surface area contributed by atoms with Gasteiger partial charge in [0.15, 0.2) is 0 Å². The van der Waals surface area contributed by atoms with Crippen molar-refractivity contribution in [1.82, 2.24) is 9.97 Å². The molecule has 0 radical (unpaired) electrons. The second-order valence-electron chi connectivity index (χ2n) is 5.11. The number of carbonyl (C=O) groups excluding carboxylic acids is 1. The predicted octanol–water partition coefficient (Wildman–Crippen LogP) is 3.80. The third-order valence-corrected chi connectivity index (χ3v) is 4.28. The molecule has 8 nitrogen and oxygen atoms in total. The lowest BCUT2D eigenvalue weighted by atomic mass is 10.2. The number of nitrogens with one attached hydrogen (secondary N) is 1. The highest BCUT2D eigenvalue weighted by Crippen LogP contribution is 2.29. The van der Waals surface area contributed by atoms with Crippen molar-refractivity contribution in [2.24, 2.45) is 5.10 Å². The van der Waals surface area contributed by atoms with Crippen LogP contribution in [0.4, 0.5) is 10.9 Å². The number of hydrazone groups is 1. The third kappa shape index (κ3) is 4.93. The minimum atomic E-state index is -0.477. The number of hydrogen-bond donors (Lipinski definition) is 2. The molecule has 0 fully saturated rings. The molecule has 0 aliphatic carbocycles. The smallest absolute Gasteiger partial charge is 0.338 e. The van der Waals surface area contributed by atoms with Gasteiger partial charge in [-0.15, -0.1) is 11.3 Å². The van der Waals surface area contributed by atoms with Crippen molar-refractivity contribution >= 4 is 46.1 Å². The Morgan fingerprint density at radius 2 is 2.22 bits per heavy atom. The Bertz CT molecular complexity index is 992. The summed E-state index contributed by atoms with van der Waals surface area (Å²) >= 11 is 7.60. The van der Waals surface area contributed by atoms with Crippen LogP contribution in [0.5, 0.6) is 11.6 Å². The highest BCUT2D eigenvalue weighted by atomic mass is 35.5. The molecule has 0 spiro atoms. The number of nitrogens with zero attached hydrogens (tertiary/aromatic N) is 3. The fourth-order valence-electron chi connectivity index (χ4n) is 2.00. The second-order valence-corrected chi connectivity index (χ2v) is 6.38. The molecule has 10 heteroatoms. The largest absolute Gasteiger partial charge is 0.465 e. The number of carbonyl (C=O) groups is 1. The van der Waals surface area contributed by atoms with Gasteiger partial charge < -0.3 is 15.2 Å². The van der Waals surface area contributed by atoms with Crippen LogP contribution in [0.25, 0.3) is 0 Å². The Hall–Kier alpha value is -3.17. The quantitative estimate of drug-likeness (QED) is 0.365. The summed E-state index contributed by atoms with van der Waals surface area (Å²) in [7, 11) is 1.30. The summed E-state index contributed by atoms with van der Waals surface area (Å²) in [6.07, 6.45) is 3.04. The van der Waals surface area contributed by atoms with Crippen molar-refractivity contribution in [3.05, 3.63) is 58.1 Å². The van der Waals surface area contributed by atoms with Gasteiger partial charge in [-0.2, -0.15) is 5.10 Å². The summed E-state index contributed by atoms with van der Waals surface area (Å²) < 4.78 is 10.3. The van der Waals surface area contributed by atoms with Crippen molar-refractivity contribution in [3.63, 3.8) is 0 Å². The molecule has 27 heavy (non-hydrogen) atoms. The topological polar surface area (TPSA) is 112 Å². The third-order valence-electron chi connectivity index (χ3n) is 3.22. The van der Waals surface area contributed by atoms with Gasteiger partial charge in [0.1, 0.15) is 11.6 Å². The van der Waals surface area contributed by atoms with E-state index in [2.05, 4.69) is 25.2 Å². The lowest BCUT2D eigenvalue weighted by Crippen LogP contribution is -2.01. The van der Waals surface area contributed by atoms with Crippen molar-refractivity contribution in [3.8, 4) is 11.6 Å². The van der Waals surface area contributed by atoms with Crippen LogP contribution >= 0.6 is 22.9 Å². The van der Waals surface area contributed by atoms with Crippen LogP contribution in [-0.2, 0) is 4.74 Å². The lowest BCUT2D eigenvalue weighted by molar-refractivity contribution is 0.0600. The number of methoxy groups -OCH3 is 1.